The van der Waals surface area contributed by atoms with E-state index in [0.29, 0.717) is 0 Å². The van der Waals surface area contributed by atoms with Crippen molar-refractivity contribution in [3.63, 3.8) is 0 Å². The van der Waals surface area contributed by atoms with E-state index in [1.807, 2.05) is 13.0 Å². The Hall–Kier alpha value is -0.760. The number of nitrogens with one attached hydrogen (secondary N) is 1. The summed E-state index contributed by atoms with van der Waals surface area (Å²) in [5.74, 6) is 0. The molecule has 2 N–H and O–H groups in total. The van der Waals surface area contributed by atoms with Crippen LogP contribution in [0.2, 0.25) is 0 Å². The van der Waals surface area contributed by atoms with Gasteiger partial charge in [-0.3, -0.25) is 0 Å². The molecule has 2 nitrogen and oxygen atoms in total. The Morgan fingerprint density at radius 2 is 2.50 bits per heavy atom. The zero-order valence-electron chi connectivity index (χ0n) is 4.81. The van der Waals surface area contributed by atoms with E-state index in [1.165, 1.54) is 0 Å². The molecule has 1 heterocycles. The van der Waals surface area contributed by atoms with E-state index in [1.54, 1.807) is 6.20 Å². The molecule has 0 unspecified atom stereocenters. The molecule has 0 fully saturated rings. The lowest BCUT2D eigenvalue weighted by Gasteiger charge is -1.79. The third-order valence-electron chi connectivity index (χ3n) is 1.07. The first kappa shape index (κ1) is 5.38. The largest absolute Gasteiger partial charge is 0.392 e. The number of hydrogen-bond acceptors (Lipinski definition) is 1. The minimum absolute atomic E-state index is 0.129. The van der Waals surface area contributed by atoms with Gasteiger partial charge in [0, 0.05) is 11.9 Å². The van der Waals surface area contributed by atoms with Crippen molar-refractivity contribution in [1.82, 2.24) is 4.98 Å². The van der Waals surface area contributed by atoms with Gasteiger partial charge < -0.3 is 10.1 Å². The highest BCUT2D eigenvalue weighted by Gasteiger charge is 1.89. The van der Waals surface area contributed by atoms with Gasteiger partial charge in [0.05, 0.1) is 6.61 Å². The van der Waals surface area contributed by atoms with E-state index in [9.17, 15) is 0 Å². The first-order chi connectivity index (χ1) is 3.83. The second-order valence-corrected chi connectivity index (χ2v) is 1.85. The minimum Gasteiger partial charge on any atom is -0.392 e. The predicted octanol–water partition coefficient (Wildman–Crippen LogP) is 0.815. The Morgan fingerprint density at radius 3 is 2.75 bits per heavy atom. The molecule has 0 aliphatic carbocycles. The van der Waals surface area contributed by atoms with Crippen molar-refractivity contribution in [3.05, 3.63) is 23.5 Å². The van der Waals surface area contributed by atoms with Gasteiger partial charge in [-0.25, -0.2) is 0 Å². The molecule has 1 aromatic rings. The lowest BCUT2D eigenvalue weighted by Crippen LogP contribution is -1.73. The number of aromatic amines is 1. The summed E-state index contributed by atoms with van der Waals surface area (Å²) in [6, 6.07) is 1.92. The average Bonchev–Trinajstić information content (AvgIpc) is 2.14. The first-order valence-electron chi connectivity index (χ1n) is 2.57. The van der Waals surface area contributed by atoms with E-state index in [-0.39, 0.29) is 6.61 Å². The monoisotopic (exact) mass is 111 g/mol. The molecule has 0 aliphatic heterocycles. The summed E-state index contributed by atoms with van der Waals surface area (Å²) in [4.78, 5) is 2.96. The quantitative estimate of drug-likeness (QED) is 0.553. The Balaban J connectivity index is 2.84. The van der Waals surface area contributed by atoms with Crippen LogP contribution in [0.5, 0.6) is 0 Å². The molecule has 1 aromatic heterocycles. The first-order valence-corrected chi connectivity index (χ1v) is 2.57. The summed E-state index contributed by atoms with van der Waals surface area (Å²) in [6.07, 6.45) is 1.80. The molecule has 0 spiro atoms. The highest BCUT2D eigenvalue weighted by atomic mass is 16.3. The molecule has 0 atom stereocenters. The van der Waals surface area contributed by atoms with E-state index >= 15 is 0 Å². The van der Waals surface area contributed by atoms with Gasteiger partial charge >= 0.3 is 0 Å². The van der Waals surface area contributed by atoms with Crippen LogP contribution in [-0.2, 0) is 6.61 Å². The Bertz CT molecular complexity index is 169. The smallest absolute Gasteiger partial charge is 0.0696 e. The van der Waals surface area contributed by atoms with Gasteiger partial charge in [-0.05, 0) is 18.6 Å². The van der Waals surface area contributed by atoms with Crippen LogP contribution in [0, 0.1) is 6.92 Å². The fraction of sp³-hybridized carbons (Fsp3) is 0.333. The van der Waals surface area contributed by atoms with Gasteiger partial charge in [0.1, 0.15) is 0 Å². The Kier molecular flexibility index (Phi) is 1.35. The molecule has 0 aromatic carbocycles. The van der Waals surface area contributed by atoms with E-state index in [4.69, 9.17) is 5.11 Å². The number of aromatic nitrogens is 1. The van der Waals surface area contributed by atoms with Gasteiger partial charge in [0.2, 0.25) is 0 Å². The number of H-pyrrole nitrogens is 1. The molecular formula is C6H9NO. The molecular weight excluding hydrogens is 102 g/mol. The van der Waals surface area contributed by atoms with Crippen molar-refractivity contribution >= 4 is 0 Å². The van der Waals surface area contributed by atoms with E-state index in [2.05, 4.69) is 4.98 Å². The maximum absolute atomic E-state index is 8.53. The number of aliphatic hydroxyl groups is 1. The third-order valence-corrected chi connectivity index (χ3v) is 1.07. The van der Waals surface area contributed by atoms with Crippen molar-refractivity contribution in [2.75, 3.05) is 0 Å². The van der Waals surface area contributed by atoms with Crippen LogP contribution in [0.3, 0.4) is 0 Å². The maximum atomic E-state index is 8.53. The van der Waals surface area contributed by atoms with Gasteiger partial charge in [0.25, 0.3) is 0 Å². The lowest BCUT2D eigenvalue weighted by atomic mass is 10.3. The zero-order chi connectivity index (χ0) is 5.98. The van der Waals surface area contributed by atoms with E-state index in [0.717, 1.165) is 11.3 Å². The summed E-state index contributed by atoms with van der Waals surface area (Å²) >= 11 is 0. The summed E-state index contributed by atoms with van der Waals surface area (Å²) < 4.78 is 0. The van der Waals surface area contributed by atoms with E-state index < -0.39 is 0 Å². The molecule has 0 bridgehead atoms. The highest BCUT2D eigenvalue weighted by Crippen LogP contribution is 1.99. The third kappa shape index (κ3) is 0.898. The van der Waals surface area contributed by atoms with Crippen LogP contribution in [-0.4, -0.2) is 10.1 Å². The van der Waals surface area contributed by atoms with Crippen LogP contribution < -0.4 is 0 Å². The predicted molar refractivity (Wildman–Crippen MR) is 31.5 cm³/mol. The summed E-state index contributed by atoms with van der Waals surface area (Å²) in [5.41, 5.74) is 2.04. The van der Waals surface area contributed by atoms with Crippen LogP contribution in [0.25, 0.3) is 0 Å². The van der Waals surface area contributed by atoms with Gasteiger partial charge in [-0.1, -0.05) is 0 Å². The molecule has 0 radical (unpaired) electrons. The maximum Gasteiger partial charge on any atom is 0.0696 e. The fourth-order valence-electron chi connectivity index (χ4n) is 0.659. The number of aliphatic hydroxyl groups excluding tert-OH is 1. The summed E-state index contributed by atoms with van der Waals surface area (Å²) in [7, 11) is 0. The summed E-state index contributed by atoms with van der Waals surface area (Å²) in [5, 5.41) is 8.53. The summed E-state index contributed by atoms with van der Waals surface area (Å²) in [6.45, 7) is 2.09. The number of rotatable bonds is 1. The topological polar surface area (TPSA) is 36.0 Å². The van der Waals surface area contributed by atoms with Crippen LogP contribution >= 0.6 is 0 Å². The van der Waals surface area contributed by atoms with Crippen LogP contribution in [0.1, 0.15) is 11.3 Å². The molecule has 44 valence electrons. The molecule has 1 rings (SSSR count). The number of aryl methyl sites for hydroxylation is 1. The number of hydrogen-bond donors (Lipinski definition) is 2. The van der Waals surface area contributed by atoms with Crippen molar-refractivity contribution < 1.29 is 5.11 Å². The minimum atomic E-state index is 0.129. The van der Waals surface area contributed by atoms with Crippen molar-refractivity contribution in [1.29, 1.82) is 0 Å². The standard InChI is InChI=1S/C6H9NO/c1-5-2-6(4-8)3-7-5/h2-3,7-8H,4H2,1H3. The van der Waals surface area contributed by atoms with Gasteiger partial charge in [-0.15, -0.1) is 0 Å². The second-order valence-electron chi connectivity index (χ2n) is 1.85. The molecule has 0 saturated carbocycles. The average molecular weight is 111 g/mol. The Labute approximate surface area is 48.2 Å². The normalized spacial score (nSPS) is 9.75. The van der Waals surface area contributed by atoms with Crippen molar-refractivity contribution in [3.8, 4) is 0 Å². The Morgan fingerprint density at radius 1 is 1.75 bits per heavy atom. The van der Waals surface area contributed by atoms with Crippen molar-refractivity contribution in [2.45, 2.75) is 13.5 Å². The SMILES string of the molecule is Cc1cc(CO)c[nH]1. The highest BCUT2D eigenvalue weighted by molar-refractivity contribution is 5.13. The molecule has 0 saturated heterocycles. The van der Waals surface area contributed by atoms with Crippen LogP contribution in [0.15, 0.2) is 12.3 Å². The molecule has 8 heavy (non-hydrogen) atoms. The lowest BCUT2D eigenvalue weighted by molar-refractivity contribution is 0.282. The second kappa shape index (κ2) is 2.01. The molecule has 0 aliphatic rings. The molecule has 0 amide bonds. The van der Waals surface area contributed by atoms with Gasteiger partial charge in [-0.2, -0.15) is 0 Å². The fourth-order valence-corrected chi connectivity index (χ4v) is 0.659. The molecule has 2 heteroatoms. The van der Waals surface area contributed by atoms with Crippen LogP contribution in [0.4, 0.5) is 0 Å². The van der Waals surface area contributed by atoms with Crippen molar-refractivity contribution in [2.24, 2.45) is 0 Å². The zero-order valence-corrected chi connectivity index (χ0v) is 4.81. The van der Waals surface area contributed by atoms with Gasteiger partial charge in [0.15, 0.2) is 0 Å².